The minimum atomic E-state index is -4.06. The number of anilines is 1. The SMILES string of the molecule is CCOP(=O)([C@H](Cc1ccccc1)NS(=O)(=O)c1ccc(C)cc1)[C@H](Nc1ccccc1)c1cccc2ccccc12. The third-order valence-corrected chi connectivity index (χ3v) is 11.8. The van der Waals surface area contributed by atoms with E-state index in [1.807, 2.05) is 110 Å². The van der Waals surface area contributed by atoms with Crippen molar-refractivity contribution in [2.24, 2.45) is 0 Å². The van der Waals surface area contributed by atoms with Crippen LogP contribution in [0.25, 0.3) is 10.8 Å². The van der Waals surface area contributed by atoms with Gasteiger partial charge in [0.1, 0.15) is 11.6 Å². The zero-order valence-corrected chi connectivity index (χ0v) is 25.4. The molecule has 0 aromatic heterocycles. The minimum absolute atomic E-state index is 0.104. The number of hydrogen-bond acceptors (Lipinski definition) is 5. The molecular formula is C34H35N2O4PS. The molecule has 6 nitrogen and oxygen atoms in total. The van der Waals surface area contributed by atoms with Gasteiger partial charge in [0.15, 0.2) is 0 Å². The maximum Gasteiger partial charge on any atom is 0.246 e. The summed E-state index contributed by atoms with van der Waals surface area (Å²) in [6, 6.07) is 39.4. The second-order valence-electron chi connectivity index (χ2n) is 10.2. The fourth-order valence-electron chi connectivity index (χ4n) is 5.13. The van der Waals surface area contributed by atoms with Crippen molar-refractivity contribution in [2.75, 3.05) is 11.9 Å². The van der Waals surface area contributed by atoms with Gasteiger partial charge in [0, 0.05) is 5.69 Å². The number of aryl methyl sites for hydroxylation is 1. The first kappa shape index (κ1) is 29.7. The summed E-state index contributed by atoms with van der Waals surface area (Å²) >= 11 is 0. The van der Waals surface area contributed by atoms with E-state index in [1.165, 1.54) is 0 Å². The number of benzene rings is 5. The van der Waals surface area contributed by atoms with Crippen molar-refractivity contribution < 1.29 is 17.5 Å². The third-order valence-electron chi connectivity index (χ3n) is 7.21. The van der Waals surface area contributed by atoms with Crippen molar-refractivity contribution >= 4 is 33.9 Å². The summed E-state index contributed by atoms with van der Waals surface area (Å²) in [5, 5.41) is 5.38. The fourth-order valence-corrected chi connectivity index (χ4v) is 9.71. The molecule has 2 N–H and O–H groups in total. The van der Waals surface area contributed by atoms with E-state index in [4.69, 9.17) is 4.52 Å². The first-order chi connectivity index (χ1) is 20.3. The lowest BCUT2D eigenvalue weighted by Crippen LogP contribution is -2.39. The third kappa shape index (κ3) is 6.66. The van der Waals surface area contributed by atoms with Crippen LogP contribution in [0, 0.1) is 6.92 Å². The summed E-state index contributed by atoms with van der Waals surface area (Å²) in [4.78, 5) is 0.104. The zero-order valence-electron chi connectivity index (χ0n) is 23.7. The molecule has 5 rings (SSSR count). The molecule has 0 heterocycles. The van der Waals surface area contributed by atoms with Crippen LogP contribution in [0.3, 0.4) is 0 Å². The molecule has 42 heavy (non-hydrogen) atoms. The van der Waals surface area contributed by atoms with E-state index in [9.17, 15) is 8.42 Å². The Hall–Kier alpha value is -3.74. The van der Waals surface area contributed by atoms with Gasteiger partial charge in [0.25, 0.3) is 0 Å². The van der Waals surface area contributed by atoms with Gasteiger partial charge in [-0.3, -0.25) is 4.57 Å². The van der Waals surface area contributed by atoms with E-state index in [0.29, 0.717) is 0 Å². The Bertz CT molecular complexity index is 1770. The highest BCUT2D eigenvalue weighted by molar-refractivity contribution is 7.90. The van der Waals surface area contributed by atoms with Crippen LogP contribution in [0.5, 0.6) is 0 Å². The molecule has 0 aliphatic carbocycles. The maximum absolute atomic E-state index is 15.6. The van der Waals surface area contributed by atoms with E-state index < -0.39 is 29.0 Å². The minimum Gasteiger partial charge on any atom is -0.370 e. The first-order valence-electron chi connectivity index (χ1n) is 14.0. The molecule has 0 spiro atoms. The van der Waals surface area contributed by atoms with Crippen LogP contribution in [0.2, 0.25) is 0 Å². The molecule has 5 aromatic rings. The molecule has 0 radical (unpaired) electrons. The van der Waals surface area contributed by atoms with Gasteiger partial charge in [-0.2, -0.15) is 4.72 Å². The van der Waals surface area contributed by atoms with Crippen LogP contribution in [0.1, 0.15) is 29.4 Å². The lowest BCUT2D eigenvalue weighted by molar-refractivity contribution is 0.316. The second-order valence-corrected chi connectivity index (χ2v) is 14.6. The van der Waals surface area contributed by atoms with Crippen molar-refractivity contribution in [1.29, 1.82) is 0 Å². The number of hydrogen-bond donors (Lipinski definition) is 2. The number of fused-ring (bicyclic) bond motifs is 1. The normalized spacial score (nSPS) is 14.6. The van der Waals surface area contributed by atoms with E-state index in [1.54, 1.807) is 31.2 Å². The van der Waals surface area contributed by atoms with Crippen molar-refractivity contribution in [3.05, 3.63) is 144 Å². The monoisotopic (exact) mass is 598 g/mol. The summed E-state index contributed by atoms with van der Waals surface area (Å²) in [5.74, 6) is -1.94. The Morgan fingerprint density at radius 3 is 2.07 bits per heavy atom. The highest BCUT2D eigenvalue weighted by Crippen LogP contribution is 2.64. The van der Waals surface area contributed by atoms with Gasteiger partial charge >= 0.3 is 0 Å². The average Bonchev–Trinajstić information content (AvgIpc) is 3.00. The molecule has 3 atom stereocenters. The lowest BCUT2D eigenvalue weighted by atomic mass is 10.0. The molecular weight excluding hydrogens is 563 g/mol. The Labute approximate surface area is 248 Å². The molecule has 1 unspecified atom stereocenters. The van der Waals surface area contributed by atoms with Crippen LogP contribution < -0.4 is 10.0 Å². The Kier molecular flexibility index (Phi) is 9.24. The Balaban J connectivity index is 1.69. The van der Waals surface area contributed by atoms with Crippen LogP contribution in [0.4, 0.5) is 5.69 Å². The van der Waals surface area contributed by atoms with E-state index in [-0.39, 0.29) is 17.9 Å². The molecule has 5 aromatic carbocycles. The van der Waals surface area contributed by atoms with Crippen molar-refractivity contribution in [3.8, 4) is 0 Å². The molecule has 0 fully saturated rings. The molecule has 0 saturated heterocycles. The van der Waals surface area contributed by atoms with Gasteiger partial charge < -0.3 is 9.84 Å². The fraction of sp³-hybridized carbons (Fsp3) is 0.176. The van der Waals surface area contributed by atoms with Gasteiger partial charge in [-0.1, -0.05) is 109 Å². The summed E-state index contributed by atoms with van der Waals surface area (Å²) in [6.45, 7) is 3.81. The molecule has 216 valence electrons. The summed E-state index contributed by atoms with van der Waals surface area (Å²) in [6.07, 6.45) is 0.168. The van der Waals surface area contributed by atoms with Gasteiger partial charge in [-0.05, 0) is 66.4 Å². The molecule has 0 aliphatic rings. The summed E-state index contributed by atoms with van der Waals surface area (Å²) < 4.78 is 52.4. The van der Waals surface area contributed by atoms with Crippen molar-refractivity contribution in [2.45, 2.75) is 36.7 Å². The van der Waals surface area contributed by atoms with Crippen LogP contribution >= 0.6 is 7.37 Å². The predicted octanol–water partition coefficient (Wildman–Crippen LogP) is 8.12. The van der Waals surface area contributed by atoms with E-state index in [2.05, 4.69) is 10.0 Å². The van der Waals surface area contributed by atoms with Crippen LogP contribution in [-0.4, -0.2) is 20.8 Å². The van der Waals surface area contributed by atoms with Crippen LogP contribution in [-0.2, 0) is 25.5 Å². The van der Waals surface area contributed by atoms with Gasteiger partial charge in [-0.25, -0.2) is 8.42 Å². The zero-order chi connectivity index (χ0) is 29.6. The molecule has 0 amide bonds. The second kappa shape index (κ2) is 13.1. The molecule has 0 bridgehead atoms. The van der Waals surface area contributed by atoms with Gasteiger partial charge in [-0.15, -0.1) is 0 Å². The molecule has 0 aliphatic heterocycles. The summed E-state index contributed by atoms with van der Waals surface area (Å²) in [5.41, 5.74) is 3.29. The highest BCUT2D eigenvalue weighted by atomic mass is 32.2. The standard InChI is InChI=1S/C34H35N2O4PS/c1-3-40-41(37,33(25-27-13-6-4-7-14-27)36-42(38,39)30-23-21-26(2)22-24-30)34(35-29-17-8-5-9-18-29)32-20-12-16-28-15-10-11-19-31(28)32/h4-24,33-36H,3,25H2,1-2H3/t33-,34+,41?/m1/s1. The van der Waals surface area contributed by atoms with E-state index in [0.717, 1.165) is 33.2 Å². The van der Waals surface area contributed by atoms with Crippen LogP contribution in [0.15, 0.2) is 132 Å². The van der Waals surface area contributed by atoms with Gasteiger partial charge in [0.05, 0.1) is 11.5 Å². The number of rotatable bonds is 12. The highest BCUT2D eigenvalue weighted by Gasteiger charge is 2.45. The maximum atomic E-state index is 15.6. The lowest BCUT2D eigenvalue weighted by Gasteiger charge is -2.35. The average molecular weight is 599 g/mol. The Morgan fingerprint density at radius 2 is 1.38 bits per heavy atom. The predicted molar refractivity (Wildman–Crippen MR) is 171 cm³/mol. The molecule has 8 heteroatoms. The largest absolute Gasteiger partial charge is 0.370 e. The smallest absolute Gasteiger partial charge is 0.246 e. The topological polar surface area (TPSA) is 84.5 Å². The number of nitrogens with one attached hydrogen (secondary N) is 2. The summed E-state index contributed by atoms with van der Waals surface area (Å²) in [7, 11) is -7.98. The van der Waals surface area contributed by atoms with Gasteiger partial charge in [0.2, 0.25) is 17.4 Å². The molecule has 0 saturated carbocycles. The number of para-hydroxylation sites is 1. The Morgan fingerprint density at radius 1 is 0.762 bits per heavy atom. The number of sulfonamides is 1. The quantitative estimate of drug-likeness (QED) is 0.142. The first-order valence-corrected chi connectivity index (χ1v) is 17.2. The van der Waals surface area contributed by atoms with Crippen molar-refractivity contribution in [1.82, 2.24) is 4.72 Å². The van der Waals surface area contributed by atoms with Crippen molar-refractivity contribution in [3.63, 3.8) is 0 Å². The van der Waals surface area contributed by atoms with E-state index >= 15 is 4.57 Å².